The number of nitrogen functional groups attached to an aromatic ring is 1. The second-order valence-corrected chi connectivity index (χ2v) is 12.2. The van der Waals surface area contributed by atoms with Gasteiger partial charge in [-0.3, -0.25) is 0 Å². The van der Waals surface area contributed by atoms with Crippen LogP contribution in [0, 0.1) is 0 Å². The first-order valence-electron chi connectivity index (χ1n) is 15.1. The van der Waals surface area contributed by atoms with Gasteiger partial charge in [0.25, 0.3) is 0 Å². The fraction of sp³-hybridized carbons (Fsp3) is 0.0244. The van der Waals surface area contributed by atoms with E-state index in [4.69, 9.17) is 10.5 Å². The summed E-state index contributed by atoms with van der Waals surface area (Å²) in [6.45, 7) is 0.442. The van der Waals surface area contributed by atoms with Gasteiger partial charge in [-0.15, -0.1) is 11.3 Å². The smallest absolute Gasteiger partial charge is 0.150 e. The van der Waals surface area contributed by atoms with Crippen LogP contribution in [0.15, 0.2) is 158 Å². The van der Waals surface area contributed by atoms with Gasteiger partial charge in [-0.2, -0.15) is 0 Å². The molecular formula is C41H30N2OS. The summed E-state index contributed by atoms with van der Waals surface area (Å²) >= 11 is 1.83. The summed E-state index contributed by atoms with van der Waals surface area (Å²) in [6.07, 6.45) is 0. The minimum atomic E-state index is 0.442. The Morgan fingerprint density at radius 1 is 0.533 bits per heavy atom. The van der Waals surface area contributed by atoms with Crippen LogP contribution in [0.3, 0.4) is 0 Å². The summed E-state index contributed by atoms with van der Waals surface area (Å²) < 4.78 is 8.97. The third-order valence-electron chi connectivity index (χ3n) is 8.34. The van der Waals surface area contributed by atoms with E-state index in [1.807, 2.05) is 35.6 Å². The summed E-state index contributed by atoms with van der Waals surface area (Å²) in [6, 6.07) is 55.4. The maximum atomic E-state index is 6.56. The molecule has 0 amide bonds. The summed E-state index contributed by atoms with van der Waals surface area (Å²) in [5.41, 5.74) is 13.8. The van der Waals surface area contributed by atoms with Crippen LogP contribution in [0.1, 0.15) is 5.56 Å². The van der Waals surface area contributed by atoms with E-state index in [0.29, 0.717) is 18.0 Å². The molecule has 1 aromatic heterocycles. The number of ether oxygens (including phenoxy) is 1. The maximum absolute atomic E-state index is 6.56. The average Bonchev–Trinajstić information content (AvgIpc) is 3.47. The number of anilines is 4. The zero-order valence-electron chi connectivity index (χ0n) is 24.6. The Hall–Kier alpha value is -5.58. The summed E-state index contributed by atoms with van der Waals surface area (Å²) in [5, 5.41) is 4.61. The fourth-order valence-corrected chi connectivity index (χ4v) is 7.35. The van der Waals surface area contributed by atoms with Gasteiger partial charge in [0.1, 0.15) is 6.61 Å². The topological polar surface area (TPSA) is 38.5 Å². The summed E-state index contributed by atoms with van der Waals surface area (Å²) in [4.78, 5) is 2.38. The second-order valence-electron chi connectivity index (χ2n) is 11.1. The molecule has 4 heteroatoms. The molecule has 45 heavy (non-hydrogen) atoms. The van der Waals surface area contributed by atoms with Gasteiger partial charge in [0, 0.05) is 42.2 Å². The Kier molecular flexibility index (Phi) is 6.90. The molecule has 0 saturated carbocycles. The van der Waals surface area contributed by atoms with Gasteiger partial charge in [-0.1, -0.05) is 115 Å². The Morgan fingerprint density at radius 2 is 1.20 bits per heavy atom. The van der Waals surface area contributed by atoms with Crippen LogP contribution in [0.2, 0.25) is 0 Å². The predicted molar refractivity (Wildman–Crippen MR) is 192 cm³/mol. The van der Waals surface area contributed by atoms with Crippen molar-refractivity contribution in [2.24, 2.45) is 0 Å². The Morgan fingerprint density at radius 3 is 2.07 bits per heavy atom. The van der Waals surface area contributed by atoms with Crippen molar-refractivity contribution in [2.45, 2.75) is 6.61 Å². The average molecular weight is 599 g/mol. The molecular weight excluding hydrogens is 569 g/mol. The first-order chi connectivity index (χ1) is 22.2. The van der Waals surface area contributed by atoms with E-state index >= 15 is 0 Å². The lowest BCUT2D eigenvalue weighted by Gasteiger charge is -2.29. The van der Waals surface area contributed by atoms with Gasteiger partial charge < -0.3 is 15.4 Å². The molecule has 0 bridgehead atoms. The van der Waals surface area contributed by atoms with Crippen LogP contribution in [0.5, 0.6) is 5.75 Å². The lowest BCUT2D eigenvalue weighted by molar-refractivity contribution is 0.312. The van der Waals surface area contributed by atoms with Gasteiger partial charge in [-0.25, -0.2) is 0 Å². The number of hydrogen-bond donors (Lipinski definition) is 1. The number of benzene rings is 7. The number of fused-ring (bicyclic) bond motifs is 4. The third kappa shape index (κ3) is 4.95. The molecule has 0 aliphatic carbocycles. The van der Waals surface area contributed by atoms with Gasteiger partial charge in [-0.05, 0) is 53.6 Å². The van der Waals surface area contributed by atoms with Crippen LogP contribution in [0.25, 0.3) is 42.1 Å². The second kappa shape index (κ2) is 11.5. The Bertz CT molecular complexity index is 2290. The highest BCUT2D eigenvalue weighted by Gasteiger charge is 2.21. The van der Waals surface area contributed by atoms with E-state index in [9.17, 15) is 0 Å². The van der Waals surface area contributed by atoms with Gasteiger partial charge in [0.05, 0.1) is 17.1 Å². The summed E-state index contributed by atoms with van der Waals surface area (Å²) in [5.74, 6) is 0.703. The van der Waals surface area contributed by atoms with Crippen LogP contribution in [-0.4, -0.2) is 0 Å². The Labute approximate surface area is 266 Å². The van der Waals surface area contributed by atoms with Crippen molar-refractivity contribution in [1.29, 1.82) is 0 Å². The molecule has 8 aromatic rings. The monoisotopic (exact) mass is 598 g/mol. The molecule has 2 N–H and O–H groups in total. The third-order valence-corrected chi connectivity index (χ3v) is 9.47. The van der Waals surface area contributed by atoms with Gasteiger partial charge in [0.2, 0.25) is 0 Å². The molecule has 216 valence electrons. The van der Waals surface area contributed by atoms with E-state index in [1.165, 1.54) is 20.2 Å². The van der Waals surface area contributed by atoms with Gasteiger partial charge >= 0.3 is 0 Å². The van der Waals surface area contributed by atoms with Crippen molar-refractivity contribution in [2.75, 3.05) is 10.6 Å². The lowest BCUT2D eigenvalue weighted by Crippen LogP contribution is -2.12. The normalized spacial score (nSPS) is 11.3. The molecule has 0 aliphatic heterocycles. The van der Waals surface area contributed by atoms with Crippen molar-refractivity contribution < 1.29 is 4.74 Å². The quantitative estimate of drug-likeness (QED) is 0.185. The predicted octanol–water partition coefficient (Wildman–Crippen LogP) is 11.5. The van der Waals surface area contributed by atoms with Crippen molar-refractivity contribution in [3.63, 3.8) is 0 Å². The fourth-order valence-electron chi connectivity index (χ4n) is 6.21. The highest BCUT2D eigenvalue weighted by atomic mass is 32.1. The number of para-hydroxylation sites is 1. The zero-order valence-corrected chi connectivity index (χ0v) is 25.4. The highest BCUT2D eigenvalue weighted by molar-refractivity contribution is 7.25. The van der Waals surface area contributed by atoms with E-state index in [1.54, 1.807) is 0 Å². The highest BCUT2D eigenvalue weighted by Crippen LogP contribution is 2.47. The molecule has 8 rings (SSSR count). The molecule has 1 heterocycles. The lowest BCUT2D eigenvalue weighted by atomic mass is 10.00. The number of rotatable bonds is 7. The molecule has 0 atom stereocenters. The van der Waals surface area contributed by atoms with Gasteiger partial charge in [0.15, 0.2) is 5.75 Å². The minimum absolute atomic E-state index is 0.442. The maximum Gasteiger partial charge on any atom is 0.150 e. The van der Waals surface area contributed by atoms with Crippen LogP contribution in [0.4, 0.5) is 22.7 Å². The minimum Gasteiger partial charge on any atom is -0.486 e. The number of nitrogens with two attached hydrogens (primary N) is 1. The largest absolute Gasteiger partial charge is 0.486 e. The number of nitrogens with zero attached hydrogens (tertiary/aromatic N) is 1. The Balaban J connectivity index is 1.35. The van der Waals surface area contributed by atoms with Crippen molar-refractivity contribution in [3.05, 3.63) is 163 Å². The molecule has 0 saturated heterocycles. The van der Waals surface area contributed by atoms with E-state index in [0.717, 1.165) is 44.5 Å². The molecule has 0 unspecified atom stereocenters. The van der Waals surface area contributed by atoms with Crippen molar-refractivity contribution >= 4 is 65.0 Å². The molecule has 0 spiro atoms. The summed E-state index contributed by atoms with van der Waals surface area (Å²) in [7, 11) is 0. The first-order valence-corrected chi connectivity index (χ1v) is 15.9. The standard InChI is InChI=1S/C41H30N2OS/c42-36-25-24-32-35(41(36)44-27-28-12-3-1-4-13-28)18-11-20-38(32)43(37-19-9-7-16-31(37)29-14-5-2-6-15-29)30-22-23-34-33-17-8-10-21-39(33)45-40(34)26-30/h1-26H,27,42H2. The molecule has 0 aliphatic rings. The van der Waals surface area contributed by atoms with Crippen molar-refractivity contribution in [1.82, 2.24) is 0 Å². The van der Waals surface area contributed by atoms with Crippen LogP contribution >= 0.6 is 11.3 Å². The zero-order chi connectivity index (χ0) is 30.2. The van der Waals surface area contributed by atoms with Crippen molar-refractivity contribution in [3.8, 4) is 16.9 Å². The van der Waals surface area contributed by atoms with Crippen LogP contribution < -0.4 is 15.4 Å². The van der Waals surface area contributed by atoms with E-state index in [2.05, 4.69) is 138 Å². The molecule has 0 radical (unpaired) electrons. The molecule has 7 aromatic carbocycles. The van der Waals surface area contributed by atoms with Crippen LogP contribution in [-0.2, 0) is 6.61 Å². The van der Waals surface area contributed by atoms with E-state index in [-0.39, 0.29) is 0 Å². The van der Waals surface area contributed by atoms with E-state index < -0.39 is 0 Å². The molecule has 3 nitrogen and oxygen atoms in total. The number of hydrogen-bond acceptors (Lipinski definition) is 4. The first kappa shape index (κ1) is 27.0. The number of thiophene rings is 1. The SMILES string of the molecule is Nc1ccc2c(N(c3ccc4c(c3)sc3ccccc34)c3ccccc3-c3ccccc3)cccc2c1OCc1ccccc1. The molecule has 0 fully saturated rings.